The number of hydrogen-bond donors (Lipinski definition) is 1. The summed E-state index contributed by atoms with van der Waals surface area (Å²) in [5, 5.41) is 2.88. The Morgan fingerprint density at radius 3 is 2.27 bits per heavy atom. The van der Waals surface area contributed by atoms with Crippen LogP contribution in [0.4, 0.5) is 4.39 Å². The molecule has 9 nitrogen and oxygen atoms in total. The molecule has 1 aliphatic heterocycles. The Bertz CT molecular complexity index is 1130. The van der Waals surface area contributed by atoms with Gasteiger partial charge in [-0.15, -0.1) is 0 Å². The molecule has 0 aliphatic carbocycles. The van der Waals surface area contributed by atoms with Gasteiger partial charge in [0.25, 0.3) is 0 Å². The molecule has 1 N–H and O–H groups in total. The molecule has 11 heteroatoms. The van der Waals surface area contributed by atoms with E-state index in [1.807, 2.05) is 6.07 Å². The predicted molar refractivity (Wildman–Crippen MR) is 138 cm³/mol. The summed E-state index contributed by atoms with van der Waals surface area (Å²) in [5.74, 6) is -1.29. The van der Waals surface area contributed by atoms with Crippen LogP contribution in [0.25, 0.3) is 0 Å². The van der Waals surface area contributed by atoms with Gasteiger partial charge in [0.05, 0.1) is 26.0 Å². The van der Waals surface area contributed by atoms with Gasteiger partial charge in [0, 0.05) is 39.3 Å². The van der Waals surface area contributed by atoms with Crippen LogP contribution in [0.15, 0.2) is 54.6 Å². The second-order valence-electron chi connectivity index (χ2n) is 9.09. The molecule has 0 saturated carbocycles. The van der Waals surface area contributed by atoms with Crippen LogP contribution in [-0.2, 0) is 37.4 Å². The van der Waals surface area contributed by atoms with Crippen molar-refractivity contribution in [3.05, 3.63) is 71.5 Å². The minimum Gasteiger partial charge on any atom is -0.379 e. The van der Waals surface area contributed by atoms with Crippen molar-refractivity contribution in [1.82, 2.24) is 19.4 Å². The largest absolute Gasteiger partial charge is 0.379 e. The average Bonchev–Trinajstić information content (AvgIpc) is 2.88. The molecule has 2 amide bonds. The molecule has 0 bridgehead atoms. The summed E-state index contributed by atoms with van der Waals surface area (Å²) in [5.41, 5.74) is 1.36. The molecular weight excluding hydrogens is 499 g/mol. The first-order valence-electron chi connectivity index (χ1n) is 12.2. The number of nitrogens with zero attached hydrogens (tertiary/aromatic N) is 3. The third-order valence-corrected chi connectivity index (χ3v) is 7.44. The van der Waals surface area contributed by atoms with E-state index < -0.39 is 34.3 Å². The highest BCUT2D eigenvalue weighted by atomic mass is 32.2. The number of carbonyl (C=O) groups excluding carboxylic acids is 2. The van der Waals surface area contributed by atoms with Gasteiger partial charge in [-0.3, -0.25) is 14.5 Å². The second-order valence-corrected chi connectivity index (χ2v) is 11.1. The third kappa shape index (κ3) is 9.19. The first-order chi connectivity index (χ1) is 17.6. The summed E-state index contributed by atoms with van der Waals surface area (Å²) < 4.78 is 44.9. The van der Waals surface area contributed by atoms with E-state index >= 15 is 0 Å². The Morgan fingerprint density at radius 1 is 1.03 bits per heavy atom. The van der Waals surface area contributed by atoms with E-state index in [1.165, 1.54) is 29.2 Å². The molecule has 2 aromatic rings. The lowest BCUT2D eigenvalue weighted by atomic mass is 10.1. The molecule has 1 saturated heterocycles. The number of morpholine rings is 1. The Morgan fingerprint density at radius 2 is 1.65 bits per heavy atom. The summed E-state index contributed by atoms with van der Waals surface area (Å²) >= 11 is 0. The van der Waals surface area contributed by atoms with Gasteiger partial charge >= 0.3 is 0 Å². The average molecular weight is 535 g/mol. The van der Waals surface area contributed by atoms with Gasteiger partial charge < -0.3 is 15.0 Å². The molecule has 3 rings (SSSR count). The molecule has 1 fully saturated rings. The highest BCUT2D eigenvalue weighted by molar-refractivity contribution is 7.88. The molecule has 0 spiro atoms. The Labute approximate surface area is 218 Å². The van der Waals surface area contributed by atoms with Crippen LogP contribution in [-0.4, -0.2) is 92.6 Å². The Hall–Kier alpha value is -2.86. The maximum Gasteiger partial charge on any atom is 0.242 e. The van der Waals surface area contributed by atoms with Crippen LogP contribution in [0.3, 0.4) is 0 Å². The van der Waals surface area contributed by atoms with Crippen LogP contribution >= 0.6 is 0 Å². The van der Waals surface area contributed by atoms with Gasteiger partial charge in [-0.25, -0.2) is 12.8 Å². The lowest BCUT2D eigenvalue weighted by Crippen LogP contribution is -2.52. The lowest BCUT2D eigenvalue weighted by Gasteiger charge is -2.31. The number of nitrogens with one attached hydrogen (secondary N) is 1. The molecular formula is C26H35FN4O5S. The molecule has 1 aliphatic rings. The Kier molecular flexibility index (Phi) is 10.6. The van der Waals surface area contributed by atoms with Crippen molar-refractivity contribution in [2.24, 2.45) is 0 Å². The topological polar surface area (TPSA) is 99.3 Å². The van der Waals surface area contributed by atoms with Crippen LogP contribution < -0.4 is 5.32 Å². The van der Waals surface area contributed by atoms with Crippen LogP contribution in [0.1, 0.15) is 18.1 Å². The number of benzene rings is 2. The van der Waals surface area contributed by atoms with Crippen molar-refractivity contribution in [3.8, 4) is 0 Å². The van der Waals surface area contributed by atoms with E-state index in [4.69, 9.17) is 4.74 Å². The van der Waals surface area contributed by atoms with Gasteiger partial charge in [-0.1, -0.05) is 42.5 Å². The van der Waals surface area contributed by atoms with Gasteiger partial charge in [-0.05, 0) is 30.2 Å². The smallest absolute Gasteiger partial charge is 0.242 e. The summed E-state index contributed by atoms with van der Waals surface area (Å²) in [6.45, 7) is 5.20. The number of sulfonamides is 1. The molecule has 2 aromatic carbocycles. The minimum atomic E-state index is -3.72. The fourth-order valence-corrected chi connectivity index (χ4v) is 4.73. The highest BCUT2D eigenvalue weighted by Gasteiger charge is 2.30. The van der Waals surface area contributed by atoms with Crippen LogP contribution in [0.2, 0.25) is 0 Å². The maximum absolute atomic E-state index is 13.5. The van der Waals surface area contributed by atoms with E-state index in [2.05, 4.69) is 10.2 Å². The van der Waals surface area contributed by atoms with E-state index in [-0.39, 0.29) is 19.0 Å². The zero-order chi connectivity index (χ0) is 26.8. The zero-order valence-corrected chi connectivity index (χ0v) is 22.1. The van der Waals surface area contributed by atoms with E-state index in [0.717, 1.165) is 29.2 Å². The van der Waals surface area contributed by atoms with Crippen LogP contribution in [0.5, 0.6) is 0 Å². The molecule has 37 heavy (non-hydrogen) atoms. The van der Waals surface area contributed by atoms with Gasteiger partial charge in [-0.2, -0.15) is 4.31 Å². The standard InChI is InChI=1S/C26H35FN4O5S/c1-21(26(33)28-12-13-29-14-16-36-17-15-29)31(19-23-8-10-24(27)11-9-23)25(32)20-30(37(2,34)35)18-22-6-4-3-5-7-22/h3-11,21H,12-20H2,1-2H3,(H,28,33)/t21-/m1/s1. The monoisotopic (exact) mass is 534 g/mol. The number of halogens is 1. The second kappa shape index (κ2) is 13.6. The summed E-state index contributed by atoms with van der Waals surface area (Å²) in [4.78, 5) is 30.0. The van der Waals surface area contributed by atoms with Crippen molar-refractivity contribution in [1.29, 1.82) is 0 Å². The van der Waals surface area contributed by atoms with Gasteiger partial charge in [0.2, 0.25) is 21.8 Å². The molecule has 0 radical (unpaired) electrons. The highest BCUT2D eigenvalue weighted by Crippen LogP contribution is 2.14. The number of amides is 2. The predicted octanol–water partition coefficient (Wildman–Crippen LogP) is 1.45. The quantitative estimate of drug-likeness (QED) is 0.443. The van der Waals surface area contributed by atoms with Crippen molar-refractivity contribution in [2.45, 2.75) is 26.1 Å². The Balaban J connectivity index is 1.72. The summed E-state index contributed by atoms with van der Waals surface area (Å²) in [6.07, 6.45) is 1.05. The number of ether oxygens (including phenoxy) is 1. The molecule has 1 atom stereocenters. The molecule has 0 aromatic heterocycles. The SMILES string of the molecule is C[C@H](C(=O)NCCN1CCOCC1)N(Cc1ccc(F)cc1)C(=O)CN(Cc1ccccc1)S(C)(=O)=O. The lowest BCUT2D eigenvalue weighted by molar-refractivity contribution is -0.140. The first-order valence-corrected chi connectivity index (χ1v) is 14.1. The number of hydrogen-bond acceptors (Lipinski definition) is 6. The fraction of sp³-hybridized carbons (Fsp3) is 0.462. The van der Waals surface area contributed by atoms with E-state index in [0.29, 0.717) is 31.9 Å². The van der Waals surface area contributed by atoms with Gasteiger partial charge in [0.1, 0.15) is 11.9 Å². The van der Waals surface area contributed by atoms with Gasteiger partial charge in [0.15, 0.2) is 0 Å². The molecule has 202 valence electrons. The van der Waals surface area contributed by atoms with Crippen molar-refractivity contribution in [3.63, 3.8) is 0 Å². The normalized spacial score (nSPS) is 15.4. The van der Waals surface area contributed by atoms with Crippen molar-refractivity contribution < 1.29 is 27.1 Å². The summed E-state index contributed by atoms with van der Waals surface area (Å²) in [7, 11) is -3.72. The zero-order valence-electron chi connectivity index (χ0n) is 21.3. The fourth-order valence-electron chi connectivity index (χ4n) is 4.00. The van der Waals surface area contributed by atoms with Crippen molar-refractivity contribution >= 4 is 21.8 Å². The number of rotatable bonds is 12. The number of carbonyl (C=O) groups is 2. The van der Waals surface area contributed by atoms with Crippen LogP contribution in [0, 0.1) is 5.82 Å². The van der Waals surface area contributed by atoms with E-state index in [9.17, 15) is 22.4 Å². The first kappa shape index (κ1) is 28.7. The van der Waals surface area contributed by atoms with E-state index in [1.54, 1.807) is 31.2 Å². The minimum absolute atomic E-state index is 0.0237. The molecule has 0 unspecified atom stereocenters. The van der Waals surface area contributed by atoms with Crippen molar-refractivity contribution in [2.75, 3.05) is 52.2 Å². The summed E-state index contributed by atoms with van der Waals surface area (Å²) in [6, 6.07) is 13.7. The molecule has 1 heterocycles. The maximum atomic E-state index is 13.5. The third-order valence-electron chi connectivity index (χ3n) is 6.25.